The van der Waals surface area contributed by atoms with Crippen LogP contribution in [0.5, 0.6) is 0 Å². The van der Waals surface area contributed by atoms with Crippen molar-refractivity contribution in [2.45, 2.75) is 70.9 Å². The van der Waals surface area contributed by atoms with Crippen LogP contribution in [-0.2, 0) is 13.0 Å². The van der Waals surface area contributed by atoms with Crippen LogP contribution in [0.15, 0.2) is 6.07 Å². The van der Waals surface area contributed by atoms with Gasteiger partial charge in [-0.2, -0.15) is 0 Å². The van der Waals surface area contributed by atoms with Crippen molar-refractivity contribution in [2.24, 2.45) is 5.92 Å². The van der Waals surface area contributed by atoms with E-state index in [1.54, 1.807) is 0 Å². The van der Waals surface area contributed by atoms with Crippen molar-refractivity contribution in [3.8, 4) is 0 Å². The van der Waals surface area contributed by atoms with Gasteiger partial charge in [-0.05, 0) is 51.0 Å². The van der Waals surface area contributed by atoms with Crippen LogP contribution in [0, 0.1) is 12.8 Å². The van der Waals surface area contributed by atoms with Gasteiger partial charge in [0.25, 0.3) is 0 Å². The lowest BCUT2D eigenvalue weighted by Crippen LogP contribution is -2.18. The summed E-state index contributed by atoms with van der Waals surface area (Å²) in [6.07, 6.45) is 10.1. The smallest absolute Gasteiger partial charge is 0.0807 e. The van der Waals surface area contributed by atoms with Gasteiger partial charge in [-0.15, -0.1) is 0 Å². The Kier molecular flexibility index (Phi) is 3.47. The van der Waals surface area contributed by atoms with Gasteiger partial charge in [-0.1, -0.05) is 19.3 Å². The minimum Gasteiger partial charge on any atom is -0.388 e. The molecule has 2 heteroatoms. The van der Waals surface area contributed by atoms with Crippen molar-refractivity contribution in [2.75, 3.05) is 0 Å². The number of aliphatic hydroxyl groups is 1. The Morgan fingerprint density at radius 1 is 1.17 bits per heavy atom. The molecular formula is C16H25NO. The molecule has 0 bridgehead atoms. The van der Waals surface area contributed by atoms with Crippen LogP contribution in [-0.4, -0.2) is 9.67 Å². The summed E-state index contributed by atoms with van der Waals surface area (Å²) in [5.41, 5.74) is 4.00. The molecule has 100 valence electrons. The molecule has 0 radical (unpaired) electrons. The van der Waals surface area contributed by atoms with E-state index in [1.807, 2.05) is 0 Å². The van der Waals surface area contributed by atoms with Gasteiger partial charge < -0.3 is 9.67 Å². The van der Waals surface area contributed by atoms with Crippen molar-refractivity contribution in [1.82, 2.24) is 4.57 Å². The van der Waals surface area contributed by atoms with Crippen LogP contribution in [0.2, 0.25) is 0 Å². The number of hydrogen-bond donors (Lipinski definition) is 1. The Labute approximate surface area is 110 Å². The maximum absolute atomic E-state index is 10.1. The van der Waals surface area contributed by atoms with Crippen molar-refractivity contribution < 1.29 is 5.11 Å². The molecule has 1 fully saturated rings. The highest BCUT2D eigenvalue weighted by Gasteiger charge is 2.24. The van der Waals surface area contributed by atoms with Crippen molar-refractivity contribution in [3.05, 3.63) is 23.0 Å². The minimum atomic E-state index is -0.208. The molecule has 3 rings (SSSR count). The van der Waals surface area contributed by atoms with E-state index in [1.165, 1.54) is 55.6 Å². The molecule has 1 aromatic heterocycles. The predicted octanol–water partition coefficient (Wildman–Crippen LogP) is 3.75. The van der Waals surface area contributed by atoms with E-state index in [0.29, 0.717) is 0 Å². The molecule has 0 aliphatic heterocycles. The third-order valence-electron chi connectivity index (χ3n) is 4.86. The lowest BCUT2D eigenvalue weighted by atomic mass is 9.89. The molecule has 1 saturated carbocycles. The van der Waals surface area contributed by atoms with Gasteiger partial charge in [0.1, 0.15) is 0 Å². The van der Waals surface area contributed by atoms with Crippen molar-refractivity contribution in [1.29, 1.82) is 0 Å². The van der Waals surface area contributed by atoms with Crippen LogP contribution in [0.1, 0.15) is 68.0 Å². The number of aliphatic hydroxyl groups excluding tert-OH is 1. The first-order valence-corrected chi connectivity index (χ1v) is 7.62. The van der Waals surface area contributed by atoms with Crippen LogP contribution in [0.3, 0.4) is 0 Å². The van der Waals surface area contributed by atoms with E-state index >= 15 is 0 Å². The Hall–Kier alpha value is -0.760. The van der Waals surface area contributed by atoms with Crippen LogP contribution < -0.4 is 0 Å². The highest BCUT2D eigenvalue weighted by molar-refractivity contribution is 5.31. The number of aryl methyl sites for hydroxylation is 1. The van der Waals surface area contributed by atoms with Gasteiger partial charge in [0.05, 0.1) is 6.10 Å². The van der Waals surface area contributed by atoms with Gasteiger partial charge in [-0.3, -0.25) is 0 Å². The largest absolute Gasteiger partial charge is 0.388 e. The lowest BCUT2D eigenvalue weighted by molar-refractivity contribution is 0.155. The fourth-order valence-electron chi connectivity index (χ4n) is 3.82. The molecule has 1 unspecified atom stereocenters. The quantitative estimate of drug-likeness (QED) is 0.846. The zero-order chi connectivity index (χ0) is 12.5. The molecule has 1 atom stereocenters. The average Bonchev–Trinajstić information content (AvgIpc) is 2.70. The third-order valence-corrected chi connectivity index (χ3v) is 4.86. The molecule has 2 aliphatic rings. The summed E-state index contributed by atoms with van der Waals surface area (Å²) in [6, 6.07) is 2.22. The SMILES string of the molecule is Cc1cc2c(n1CC1CCCCC1)CCCC2O. The highest BCUT2D eigenvalue weighted by atomic mass is 16.3. The second-order valence-corrected chi connectivity index (χ2v) is 6.21. The van der Waals surface area contributed by atoms with Crippen molar-refractivity contribution in [3.63, 3.8) is 0 Å². The zero-order valence-corrected chi connectivity index (χ0v) is 11.5. The third kappa shape index (κ3) is 2.23. The second kappa shape index (κ2) is 5.08. The van der Waals surface area contributed by atoms with Gasteiger partial charge in [0, 0.05) is 23.5 Å². The van der Waals surface area contributed by atoms with E-state index < -0.39 is 0 Å². The molecule has 0 spiro atoms. The maximum atomic E-state index is 10.1. The fourth-order valence-corrected chi connectivity index (χ4v) is 3.82. The summed E-state index contributed by atoms with van der Waals surface area (Å²) < 4.78 is 2.51. The minimum absolute atomic E-state index is 0.208. The monoisotopic (exact) mass is 247 g/mol. The van der Waals surface area contributed by atoms with E-state index in [2.05, 4.69) is 17.6 Å². The Balaban J connectivity index is 1.82. The summed E-state index contributed by atoms with van der Waals surface area (Å²) in [4.78, 5) is 0. The Morgan fingerprint density at radius 2 is 1.94 bits per heavy atom. The maximum Gasteiger partial charge on any atom is 0.0807 e. The molecule has 0 aromatic carbocycles. The van der Waals surface area contributed by atoms with Crippen LogP contribution in [0.25, 0.3) is 0 Å². The Morgan fingerprint density at radius 3 is 2.72 bits per heavy atom. The van der Waals surface area contributed by atoms with Crippen LogP contribution in [0.4, 0.5) is 0 Å². The Bertz CT molecular complexity index is 415. The molecule has 1 N–H and O–H groups in total. The standard InChI is InChI=1S/C16H25NO/c1-12-10-14-15(8-5-9-16(14)18)17(12)11-13-6-3-2-4-7-13/h10,13,16,18H,2-9,11H2,1H3. The van der Waals surface area contributed by atoms with E-state index in [4.69, 9.17) is 0 Å². The lowest BCUT2D eigenvalue weighted by Gasteiger charge is -2.26. The first-order chi connectivity index (χ1) is 8.75. The zero-order valence-electron chi connectivity index (χ0n) is 11.5. The normalized spacial score (nSPS) is 25.1. The average molecular weight is 247 g/mol. The van der Waals surface area contributed by atoms with E-state index in [0.717, 1.165) is 25.2 Å². The van der Waals surface area contributed by atoms with Gasteiger partial charge in [0.15, 0.2) is 0 Å². The highest BCUT2D eigenvalue weighted by Crippen LogP contribution is 2.34. The molecule has 1 heterocycles. The first kappa shape index (κ1) is 12.3. The topological polar surface area (TPSA) is 25.2 Å². The van der Waals surface area contributed by atoms with E-state index in [9.17, 15) is 5.11 Å². The molecule has 0 amide bonds. The van der Waals surface area contributed by atoms with Gasteiger partial charge in [-0.25, -0.2) is 0 Å². The summed E-state index contributed by atoms with van der Waals surface area (Å²) in [5, 5.41) is 10.1. The van der Waals surface area contributed by atoms with Gasteiger partial charge >= 0.3 is 0 Å². The predicted molar refractivity (Wildman–Crippen MR) is 73.6 cm³/mol. The number of hydrogen-bond acceptors (Lipinski definition) is 1. The second-order valence-electron chi connectivity index (χ2n) is 6.21. The summed E-state index contributed by atoms with van der Waals surface area (Å²) in [6.45, 7) is 3.39. The first-order valence-electron chi connectivity index (χ1n) is 7.62. The summed E-state index contributed by atoms with van der Waals surface area (Å²) >= 11 is 0. The van der Waals surface area contributed by atoms with Gasteiger partial charge in [0.2, 0.25) is 0 Å². The number of rotatable bonds is 2. The number of fused-ring (bicyclic) bond motifs is 1. The molecule has 2 aliphatic carbocycles. The molecular weight excluding hydrogens is 222 g/mol. The number of aromatic nitrogens is 1. The summed E-state index contributed by atoms with van der Waals surface area (Å²) in [7, 11) is 0. The van der Waals surface area contributed by atoms with Crippen molar-refractivity contribution >= 4 is 0 Å². The number of nitrogens with zero attached hydrogens (tertiary/aromatic N) is 1. The summed E-state index contributed by atoms with van der Waals surface area (Å²) in [5.74, 6) is 0.869. The fraction of sp³-hybridized carbons (Fsp3) is 0.750. The van der Waals surface area contributed by atoms with Crippen LogP contribution >= 0.6 is 0 Å². The molecule has 0 saturated heterocycles. The molecule has 18 heavy (non-hydrogen) atoms. The molecule has 1 aromatic rings. The molecule has 2 nitrogen and oxygen atoms in total. The van der Waals surface area contributed by atoms with E-state index in [-0.39, 0.29) is 6.10 Å².